The highest BCUT2D eigenvalue weighted by Gasteiger charge is 2.45. The standard InChI is InChI=1S/C22H24Cl2N4O2/c1-15-20(22(29)28(30)26-13-5-2-6-14-26)25-27(19-8-4-3-7-18(19)24)21(15)16-9-11-17(23)12-10-16/h3-4,7-12,15,21,30H,2,5-6,13-14H2,1H3/p+1/t15-,21+/m0/s1. The van der Waals surface area contributed by atoms with Gasteiger partial charge >= 0.3 is 5.91 Å². The van der Waals surface area contributed by atoms with E-state index >= 15 is 0 Å². The van der Waals surface area contributed by atoms with Crippen molar-refractivity contribution in [3.05, 3.63) is 64.1 Å². The predicted molar refractivity (Wildman–Crippen MR) is 118 cm³/mol. The molecule has 1 fully saturated rings. The summed E-state index contributed by atoms with van der Waals surface area (Å²) in [6.07, 6.45) is 3.06. The van der Waals surface area contributed by atoms with Gasteiger partial charge in [0, 0.05) is 10.9 Å². The van der Waals surface area contributed by atoms with Crippen molar-refractivity contribution in [3.8, 4) is 0 Å². The van der Waals surface area contributed by atoms with Gasteiger partial charge in [-0.1, -0.05) is 60.8 Å². The maximum Gasteiger partial charge on any atom is 0.412 e. The van der Waals surface area contributed by atoms with E-state index in [9.17, 15) is 10.0 Å². The smallest absolute Gasteiger partial charge is 0.255 e. The molecule has 2 aromatic rings. The zero-order valence-electron chi connectivity index (χ0n) is 16.8. The second-order valence-electron chi connectivity index (χ2n) is 7.77. The Morgan fingerprint density at radius 1 is 1.07 bits per heavy atom. The van der Waals surface area contributed by atoms with Gasteiger partial charge in [-0.25, -0.2) is 4.79 Å². The molecule has 2 aromatic carbocycles. The Morgan fingerprint density at radius 2 is 1.73 bits per heavy atom. The van der Waals surface area contributed by atoms with Crippen molar-refractivity contribution in [3.63, 3.8) is 0 Å². The molecule has 4 rings (SSSR count). The average Bonchev–Trinajstić information content (AvgIpc) is 3.11. The fraction of sp³-hybridized carbons (Fsp3) is 0.364. The average molecular weight is 448 g/mol. The number of benzene rings is 2. The number of anilines is 1. The Morgan fingerprint density at radius 3 is 2.40 bits per heavy atom. The van der Waals surface area contributed by atoms with Crippen LogP contribution in [0.25, 0.3) is 0 Å². The summed E-state index contributed by atoms with van der Waals surface area (Å²) in [5, 5.41) is 19.9. The van der Waals surface area contributed by atoms with Crippen LogP contribution in [0.5, 0.6) is 0 Å². The highest BCUT2D eigenvalue weighted by molar-refractivity contribution is 6.37. The summed E-state index contributed by atoms with van der Waals surface area (Å²) < 4.78 is 0. The van der Waals surface area contributed by atoms with E-state index in [0.29, 0.717) is 34.5 Å². The fourth-order valence-corrected chi connectivity index (χ4v) is 4.53. The van der Waals surface area contributed by atoms with Gasteiger partial charge in [0.15, 0.2) is 5.71 Å². The molecule has 1 amide bonds. The van der Waals surface area contributed by atoms with Crippen LogP contribution >= 0.6 is 23.2 Å². The number of piperidine rings is 1. The lowest BCUT2D eigenvalue weighted by atomic mass is 9.91. The summed E-state index contributed by atoms with van der Waals surface area (Å²) in [5.41, 5.74) is 2.01. The zero-order chi connectivity index (χ0) is 21.3. The van der Waals surface area contributed by atoms with Gasteiger partial charge in [0.25, 0.3) is 0 Å². The van der Waals surface area contributed by atoms with Crippen LogP contribution in [0.4, 0.5) is 5.69 Å². The molecule has 2 aliphatic rings. The van der Waals surface area contributed by atoms with Crippen molar-refractivity contribution in [2.45, 2.75) is 32.2 Å². The molecule has 2 N–H and O–H groups in total. The van der Waals surface area contributed by atoms with Gasteiger partial charge < -0.3 is 0 Å². The van der Waals surface area contributed by atoms with Gasteiger partial charge in [-0.3, -0.25) is 5.01 Å². The van der Waals surface area contributed by atoms with Crippen LogP contribution < -0.4 is 10.2 Å². The number of nitrogens with one attached hydrogen (secondary N) is 1. The van der Waals surface area contributed by atoms with E-state index in [2.05, 4.69) is 5.10 Å². The molecule has 6 nitrogen and oxygen atoms in total. The maximum atomic E-state index is 13.2. The van der Waals surface area contributed by atoms with Crippen LogP contribution in [0, 0.1) is 5.92 Å². The molecule has 30 heavy (non-hydrogen) atoms. The van der Waals surface area contributed by atoms with Gasteiger partial charge in [0.05, 0.1) is 29.8 Å². The number of para-hydroxylation sites is 1. The number of hydrogen-bond acceptors (Lipinski definition) is 5. The molecule has 0 bridgehead atoms. The predicted octanol–water partition coefficient (Wildman–Crippen LogP) is 3.75. The number of nitrogens with zero attached hydrogens (tertiary/aromatic N) is 3. The molecule has 1 unspecified atom stereocenters. The lowest BCUT2D eigenvalue weighted by molar-refractivity contribution is -1.12. The van der Waals surface area contributed by atoms with Crippen molar-refractivity contribution >= 4 is 40.5 Å². The summed E-state index contributed by atoms with van der Waals surface area (Å²) in [4.78, 5) is 13.2. The summed E-state index contributed by atoms with van der Waals surface area (Å²) >= 11 is 12.5. The molecule has 0 saturated carbocycles. The number of hydroxylamine groups is 1. The molecular weight excluding hydrogens is 423 g/mol. The Labute approximate surface area is 186 Å². The Bertz CT molecular complexity index is 944. The second kappa shape index (κ2) is 9.04. The first kappa shape index (κ1) is 21.3. The summed E-state index contributed by atoms with van der Waals surface area (Å²) in [5.74, 6) is -0.667. The van der Waals surface area contributed by atoms with Crippen molar-refractivity contribution in [2.24, 2.45) is 11.0 Å². The third-order valence-electron chi connectivity index (χ3n) is 5.79. The van der Waals surface area contributed by atoms with Crippen molar-refractivity contribution < 1.29 is 15.2 Å². The Balaban J connectivity index is 1.70. The van der Waals surface area contributed by atoms with Crippen molar-refractivity contribution in [2.75, 3.05) is 18.1 Å². The van der Waals surface area contributed by atoms with Crippen LogP contribution in [0.2, 0.25) is 10.0 Å². The lowest BCUT2D eigenvalue weighted by Gasteiger charge is -2.28. The fourth-order valence-electron chi connectivity index (χ4n) is 4.18. The van der Waals surface area contributed by atoms with E-state index in [4.69, 9.17) is 23.2 Å². The number of hydrogen-bond donors (Lipinski definition) is 2. The quantitative estimate of drug-likeness (QED) is 0.553. The molecular formula is C22H25Cl2N4O2+. The van der Waals surface area contributed by atoms with Crippen LogP contribution in [0.1, 0.15) is 37.8 Å². The number of carbonyl (C=O) groups excluding carboxylic acids is 1. The number of amides is 1. The number of quaternary nitrogens is 1. The summed E-state index contributed by atoms with van der Waals surface area (Å²) in [7, 11) is 0. The molecule has 0 radical (unpaired) electrons. The number of halogens is 2. The first-order valence-corrected chi connectivity index (χ1v) is 11.0. The van der Waals surface area contributed by atoms with E-state index in [1.54, 1.807) is 16.1 Å². The normalized spacial score (nSPS) is 23.3. The molecule has 8 heteroatoms. The highest BCUT2D eigenvalue weighted by atomic mass is 35.5. The maximum absolute atomic E-state index is 13.2. The zero-order valence-corrected chi connectivity index (χ0v) is 18.3. The summed E-state index contributed by atoms with van der Waals surface area (Å²) in [6, 6.07) is 14.7. The van der Waals surface area contributed by atoms with E-state index < -0.39 is 5.91 Å². The van der Waals surface area contributed by atoms with E-state index in [0.717, 1.165) is 24.8 Å². The highest BCUT2D eigenvalue weighted by Crippen LogP contribution is 2.41. The molecule has 2 heterocycles. The van der Waals surface area contributed by atoms with Crippen LogP contribution in [-0.2, 0) is 4.79 Å². The topological polar surface area (TPSA) is 60.6 Å². The summed E-state index contributed by atoms with van der Waals surface area (Å²) in [6.45, 7) is 3.33. The Kier molecular flexibility index (Phi) is 6.41. The first-order chi connectivity index (χ1) is 14.5. The number of rotatable bonds is 4. The van der Waals surface area contributed by atoms with Crippen LogP contribution in [0.15, 0.2) is 53.6 Å². The second-order valence-corrected chi connectivity index (χ2v) is 8.61. The Hall–Kier alpha value is -1.96. The number of hydrazone groups is 1. The van der Waals surface area contributed by atoms with Gasteiger partial charge in [-0.2, -0.15) is 10.3 Å². The third kappa shape index (κ3) is 4.11. The van der Waals surface area contributed by atoms with Crippen molar-refractivity contribution in [1.82, 2.24) is 5.01 Å². The molecule has 0 aromatic heterocycles. The minimum atomic E-state index is -0.419. The van der Waals surface area contributed by atoms with Gasteiger partial charge in [0.1, 0.15) is 0 Å². The molecule has 158 valence electrons. The third-order valence-corrected chi connectivity index (χ3v) is 6.36. The minimum absolute atomic E-state index is 0.212. The molecule has 0 aliphatic carbocycles. The van der Waals surface area contributed by atoms with E-state index in [1.807, 2.05) is 49.4 Å². The van der Waals surface area contributed by atoms with Gasteiger partial charge in [-0.05, 0) is 47.8 Å². The lowest BCUT2D eigenvalue weighted by Crippen LogP contribution is -3.19. The molecule has 3 atom stereocenters. The van der Waals surface area contributed by atoms with E-state index in [1.165, 1.54) is 0 Å². The molecule has 1 saturated heterocycles. The van der Waals surface area contributed by atoms with Gasteiger partial charge in [-0.15, -0.1) is 5.01 Å². The molecule has 2 aliphatic heterocycles. The minimum Gasteiger partial charge on any atom is -0.255 e. The van der Waals surface area contributed by atoms with Crippen LogP contribution in [0.3, 0.4) is 0 Å². The number of carbonyl (C=O) groups is 1. The van der Waals surface area contributed by atoms with Crippen molar-refractivity contribution in [1.29, 1.82) is 0 Å². The largest absolute Gasteiger partial charge is 0.412 e. The SMILES string of the molecule is C[C@H]1C(C(=O)[NH+](O)N2CCCCC2)=NN(c2ccccc2Cl)[C@H]1c1ccc(Cl)cc1. The van der Waals surface area contributed by atoms with Gasteiger partial charge in [0.2, 0.25) is 0 Å². The van der Waals surface area contributed by atoms with Crippen LogP contribution in [-0.4, -0.2) is 34.9 Å². The molecule has 0 spiro atoms. The first-order valence-electron chi connectivity index (χ1n) is 10.2. The van der Waals surface area contributed by atoms with E-state index in [-0.39, 0.29) is 17.1 Å². The monoisotopic (exact) mass is 447 g/mol.